The third kappa shape index (κ3) is 1.35. The fourth-order valence-corrected chi connectivity index (χ4v) is 2.14. The summed E-state index contributed by atoms with van der Waals surface area (Å²) in [4.78, 5) is 2.19. The molecule has 2 rings (SSSR count). The summed E-state index contributed by atoms with van der Waals surface area (Å²) in [5.41, 5.74) is 2.62. The quantitative estimate of drug-likeness (QED) is 0.673. The Bertz CT molecular complexity index is 365. The number of benzene rings is 1. The summed E-state index contributed by atoms with van der Waals surface area (Å²) >= 11 is 0. The summed E-state index contributed by atoms with van der Waals surface area (Å²) in [5.74, 6) is 0. The Morgan fingerprint density at radius 3 is 3.00 bits per heavy atom. The van der Waals surface area contributed by atoms with Crippen LogP contribution in [-0.4, -0.2) is 12.6 Å². The summed E-state index contributed by atoms with van der Waals surface area (Å²) in [6, 6.07) is 10.8. The standard InChI is InChI=1S/C12H14N2/c1-2-14-11(9-13)8-7-10-5-3-4-6-12(10)14/h3-6,11H,2,7-8H2,1H3. The number of hydrogen-bond donors (Lipinski definition) is 0. The predicted octanol–water partition coefficient (Wildman–Crippen LogP) is 2.35. The monoisotopic (exact) mass is 186 g/mol. The number of rotatable bonds is 1. The zero-order valence-electron chi connectivity index (χ0n) is 8.40. The van der Waals surface area contributed by atoms with E-state index in [4.69, 9.17) is 5.26 Å². The second-order valence-corrected chi connectivity index (χ2v) is 3.60. The summed E-state index contributed by atoms with van der Waals surface area (Å²) < 4.78 is 0. The van der Waals surface area contributed by atoms with Crippen LogP contribution in [0.3, 0.4) is 0 Å². The van der Waals surface area contributed by atoms with Gasteiger partial charge < -0.3 is 4.90 Å². The van der Waals surface area contributed by atoms with Crippen molar-refractivity contribution in [1.29, 1.82) is 5.26 Å². The third-order valence-corrected chi connectivity index (χ3v) is 2.85. The first kappa shape index (κ1) is 9.08. The number of anilines is 1. The molecule has 0 N–H and O–H groups in total. The molecule has 2 nitrogen and oxygen atoms in total. The van der Waals surface area contributed by atoms with E-state index in [9.17, 15) is 0 Å². The van der Waals surface area contributed by atoms with E-state index in [-0.39, 0.29) is 6.04 Å². The summed E-state index contributed by atoms with van der Waals surface area (Å²) in [5, 5.41) is 9.03. The van der Waals surface area contributed by atoms with Crippen LogP contribution in [0.25, 0.3) is 0 Å². The molecule has 1 aliphatic rings. The van der Waals surface area contributed by atoms with Crippen molar-refractivity contribution in [3.8, 4) is 6.07 Å². The molecule has 0 saturated carbocycles. The number of fused-ring (bicyclic) bond motifs is 1. The predicted molar refractivity (Wildman–Crippen MR) is 57.2 cm³/mol. The second kappa shape index (κ2) is 3.71. The van der Waals surface area contributed by atoms with Crippen molar-refractivity contribution in [3.63, 3.8) is 0 Å². The number of para-hydroxylation sites is 1. The molecule has 1 atom stereocenters. The van der Waals surface area contributed by atoms with Crippen LogP contribution in [-0.2, 0) is 6.42 Å². The molecular weight excluding hydrogens is 172 g/mol. The molecule has 72 valence electrons. The lowest BCUT2D eigenvalue weighted by Crippen LogP contribution is -2.38. The highest BCUT2D eigenvalue weighted by Gasteiger charge is 2.23. The minimum Gasteiger partial charge on any atom is -0.356 e. The van der Waals surface area contributed by atoms with Crippen molar-refractivity contribution >= 4 is 5.69 Å². The number of nitrogens with zero attached hydrogens (tertiary/aromatic N) is 2. The van der Waals surface area contributed by atoms with E-state index < -0.39 is 0 Å². The molecular formula is C12H14N2. The van der Waals surface area contributed by atoms with Crippen LogP contribution in [0.2, 0.25) is 0 Å². The van der Waals surface area contributed by atoms with Crippen molar-refractivity contribution in [2.24, 2.45) is 0 Å². The molecule has 1 heterocycles. The minimum atomic E-state index is 0.0647. The van der Waals surface area contributed by atoms with Crippen LogP contribution in [0.1, 0.15) is 18.9 Å². The average molecular weight is 186 g/mol. The Morgan fingerprint density at radius 2 is 2.29 bits per heavy atom. The van der Waals surface area contributed by atoms with Crippen LogP contribution in [0.5, 0.6) is 0 Å². The van der Waals surface area contributed by atoms with Gasteiger partial charge in [0.2, 0.25) is 0 Å². The van der Waals surface area contributed by atoms with Crippen molar-refractivity contribution < 1.29 is 0 Å². The van der Waals surface area contributed by atoms with Gasteiger partial charge in [0.05, 0.1) is 6.07 Å². The summed E-state index contributed by atoms with van der Waals surface area (Å²) in [7, 11) is 0. The van der Waals surface area contributed by atoms with Gasteiger partial charge in [-0.3, -0.25) is 0 Å². The van der Waals surface area contributed by atoms with Gasteiger partial charge in [-0.1, -0.05) is 18.2 Å². The van der Waals surface area contributed by atoms with Crippen LogP contribution in [0.15, 0.2) is 24.3 Å². The van der Waals surface area contributed by atoms with E-state index >= 15 is 0 Å². The number of aryl methyl sites for hydroxylation is 1. The molecule has 0 spiro atoms. The number of hydrogen-bond acceptors (Lipinski definition) is 2. The highest BCUT2D eigenvalue weighted by molar-refractivity contribution is 5.57. The Hall–Kier alpha value is -1.49. The van der Waals surface area contributed by atoms with E-state index in [0.717, 1.165) is 19.4 Å². The van der Waals surface area contributed by atoms with Gasteiger partial charge in [0.15, 0.2) is 0 Å². The van der Waals surface area contributed by atoms with E-state index in [2.05, 4.69) is 36.1 Å². The maximum atomic E-state index is 9.03. The van der Waals surface area contributed by atoms with Gasteiger partial charge in [0.1, 0.15) is 6.04 Å². The summed E-state index contributed by atoms with van der Waals surface area (Å²) in [6.07, 6.45) is 1.99. The average Bonchev–Trinajstić information content (AvgIpc) is 2.27. The topological polar surface area (TPSA) is 27.0 Å². The van der Waals surface area contributed by atoms with Crippen molar-refractivity contribution in [1.82, 2.24) is 0 Å². The SMILES string of the molecule is CCN1c2ccccc2CCC1C#N. The minimum absolute atomic E-state index is 0.0647. The Kier molecular flexibility index (Phi) is 2.41. The summed E-state index contributed by atoms with van der Waals surface area (Å²) in [6.45, 7) is 3.02. The van der Waals surface area contributed by atoms with Crippen LogP contribution in [0.4, 0.5) is 5.69 Å². The molecule has 2 heteroatoms. The van der Waals surface area contributed by atoms with Gasteiger partial charge >= 0.3 is 0 Å². The van der Waals surface area contributed by atoms with E-state index in [0.29, 0.717) is 0 Å². The molecule has 1 aliphatic heterocycles. The molecule has 14 heavy (non-hydrogen) atoms. The zero-order valence-corrected chi connectivity index (χ0v) is 8.40. The van der Waals surface area contributed by atoms with Gasteiger partial charge in [0.25, 0.3) is 0 Å². The molecule has 1 aromatic rings. The smallest absolute Gasteiger partial charge is 0.117 e. The fraction of sp³-hybridized carbons (Fsp3) is 0.417. The highest BCUT2D eigenvalue weighted by atomic mass is 15.2. The second-order valence-electron chi connectivity index (χ2n) is 3.60. The van der Waals surface area contributed by atoms with Crippen LogP contribution >= 0.6 is 0 Å². The van der Waals surface area contributed by atoms with Gasteiger partial charge in [0, 0.05) is 12.2 Å². The molecule has 0 radical (unpaired) electrons. The van der Waals surface area contributed by atoms with Crippen LogP contribution in [0, 0.1) is 11.3 Å². The molecule has 0 amide bonds. The molecule has 0 bridgehead atoms. The largest absolute Gasteiger partial charge is 0.356 e. The van der Waals surface area contributed by atoms with E-state index in [1.54, 1.807) is 0 Å². The first-order valence-corrected chi connectivity index (χ1v) is 5.11. The lowest BCUT2D eigenvalue weighted by atomic mass is 9.96. The molecule has 0 saturated heterocycles. The zero-order chi connectivity index (χ0) is 9.97. The van der Waals surface area contributed by atoms with Gasteiger partial charge in [-0.2, -0.15) is 5.26 Å². The molecule has 0 fully saturated rings. The third-order valence-electron chi connectivity index (χ3n) is 2.85. The maximum Gasteiger partial charge on any atom is 0.117 e. The Morgan fingerprint density at radius 1 is 1.50 bits per heavy atom. The highest BCUT2D eigenvalue weighted by Crippen LogP contribution is 2.29. The molecule has 0 aliphatic carbocycles. The Labute approximate surface area is 84.8 Å². The van der Waals surface area contributed by atoms with Crippen molar-refractivity contribution in [2.45, 2.75) is 25.8 Å². The first-order chi connectivity index (χ1) is 6.86. The maximum absolute atomic E-state index is 9.03. The Balaban J connectivity index is 2.40. The normalized spacial score (nSPS) is 20.0. The lowest BCUT2D eigenvalue weighted by Gasteiger charge is -2.34. The molecule has 0 aromatic heterocycles. The van der Waals surface area contributed by atoms with Gasteiger partial charge in [-0.05, 0) is 31.4 Å². The molecule has 1 aromatic carbocycles. The lowest BCUT2D eigenvalue weighted by molar-refractivity contribution is 0.624. The first-order valence-electron chi connectivity index (χ1n) is 5.11. The van der Waals surface area contributed by atoms with Gasteiger partial charge in [-0.15, -0.1) is 0 Å². The van der Waals surface area contributed by atoms with Crippen molar-refractivity contribution in [3.05, 3.63) is 29.8 Å². The molecule has 1 unspecified atom stereocenters. The van der Waals surface area contributed by atoms with Gasteiger partial charge in [-0.25, -0.2) is 0 Å². The van der Waals surface area contributed by atoms with E-state index in [1.165, 1.54) is 11.3 Å². The van der Waals surface area contributed by atoms with E-state index in [1.807, 2.05) is 6.07 Å². The number of nitriles is 1. The fourth-order valence-electron chi connectivity index (χ4n) is 2.14. The van der Waals surface area contributed by atoms with Crippen LogP contribution < -0.4 is 4.90 Å². The van der Waals surface area contributed by atoms with Crippen molar-refractivity contribution in [2.75, 3.05) is 11.4 Å².